The van der Waals surface area contributed by atoms with Gasteiger partial charge in [-0.15, -0.1) is 0 Å². The molecule has 10 heteroatoms. The largest absolute Gasteiger partial charge is 0.445 e. The smallest absolute Gasteiger partial charge is 0.410 e. The number of piperidine rings is 1. The van der Waals surface area contributed by atoms with E-state index in [9.17, 15) is 19.2 Å². The minimum absolute atomic E-state index is 0.0877. The first-order chi connectivity index (χ1) is 20.6. The Hall–Kier alpha value is -4.08. The predicted octanol–water partition coefficient (Wildman–Crippen LogP) is 4.28. The molecule has 4 rings (SSSR count). The van der Waals surface area contributed by atoms with Crippen molar-refractivity contribution in [3.63, 3.8) is 0 Å². The van der Waals surface area contributed by atoms with Crippen LogP contribution in [0.15, 0.2) is 60.7 Å². The molecule has 2 aromatic carbocycles. The molecule has 232 valence electrons. The number of nitrogens with zero attached hydrogens (tertiary/aromatic N) is 2. The molecule has 0 saturated carbocycles. The van der Waals surface area contributed by atoms with E-state index in [1.54, 1.807) is 9.80 Å². The van der Waals surface area contributed by atoms with E-state index in [1.165, 1.54) is 0 Å². The van der Waals surface area contributed by atoms with Gasteiger partial charge in [-0.2, -0.15) is 0 Å². The van der Waals surface area contributed by atoms with Crippen molar-refractivity contribution in [2.75, 3.05) is 26.2 Å². The Balaban J connectivity index is 1.32. The fourth-order valence-electron chi connectivity index (χ4n) is 5.47. The van der Waals surface area contributed by atoms with Gasteiger partial charge < -0.3 is 29.9 Å². The van der Waals surface area contributed by atoms with Crippen LogP contribution in [0.1, 0.15) is 57.6 Å². The third-order valence-electron chi connectivity index (χ3n) is 7.76. The first kappa shape index (κ1) is 31.8. The number of nitrogens with one attached hydrogen (secondary N) is 2. The molecule has 0 aliphatic carbocycles. The fraction of sp³-hybridized carbons (Fsp3) is 0.515. The number of ether oxygens (including phenoxy) is 2. The molecule has 2 aromatic rings. The summed E-state index contributed by atoms with van der Waals surface area (Å²) in [5, 5.41) is 5.81. The molecule has 2 atom stereocenters. The van der Waals surface area contributed by atoms with Gasteiger partial charge >= 0.3 is 12.2 Å². The van der Waals surface area contributed by atoms with Gasteiger partial charge in [-0.05, 0) is 63.5 Å². The minimum atomic E-state index is -0.878. The maximum absolute atomic E-state index is 13.8. The van der Waals surface area contributed by atoms with Crippen molar-refractivity contribution < 1.29 is 28.7 Å². The van der Waals surface area contributed by atoms with E-state index in [2.05, 4.69) is 10.6 Å². The van der Waals surface area contributed by atoms with Gasteiger partial charge in [-0.3, -0.25) is 9.59 Å². The molecule has 2 aliphatic heterocycles. The lowest BCUT2D eigenvalue weighted by molar-refractivity contribution is -0.140. The molecule has 0 bridgehead atoms. The Labute approximate surface area is 254 Å². The van der Waals surface area contributed by atoms with Gasteiger partial charge in [0.25, 0.3) is 0 Å². The van der Waals surface area contributed by atoms with Crippen LogP contribution in [0.5, 0.6) is 0 Å². The Morgan fingerprint density at radius 2 is 1.51 bits per heavy atom. The molecule has 2 heterocycles. The standard InChI is InChI=1S/C33H44N4O6/c1-33(2,3)43-32(41)36-19-16-25(17-20-36)22-34-29(38)28-15-10-18-37(28)30(39)27(21-24-11-6-4-7-12-24)35-31(40)42-23-26-13-8-5-9-14-26/h4-9,11-14,25,27-28H,10,15-23H2,1-3H3,(H,34,38)(H,35,40)/t27-,28+/m1/s1. The molecule has 2 saturated heterocycles. The van der Waals surface area contributed by atoms with Crippen molar-refractivity contribution in [2.45, 2.75) is 77.2 Å². The quantitative estimate of drug-likeness (QED) is 0.449. The van der Waals surface area contributed by atoms with Crippen LogP contribution >= 0.6 is 0 Å². The normalized spacial score (nSPS) is 18.1. The molecule has 10 nitrogen and oxygen atoms in total. The van der Waals surface area contributed by atoms with Crippen LogP contribution in [0.25, 0.3) is 0 Å². The SMILES string of the molecule is CC(C)(C)OC(=O)N1CCC(CNC(=O)[C@@H]2CCCN2C(=O)[C@@H](Cc2ccccc2)NC(=O)OCc2ccccc2)CC1. The number of amides is 4. The Kier molecular flexibility index (Phi) is 11.0. The van der Waals surface area contributed by atoms with Crippen LogP contribution in [0, 0.1) is 5.92 Å². The fourth-order valence-corrected chi connectivity index (χ4v) is 5.47. The van der Waals surface area contributed by atoms with Crippen molar-refractivity contribution in [3.05, 3.63) is 71.8 Å². The van der Waals surface area contributed by atoms with E-state index < -0.39 is 23.8 Å². The van der Waals surface area contributed by atoms with Gasteiger partial charge in [0.1, 0.15) is 24.3 Å². The highest BCUT2D eigenvalue weighted by molar-refractivity contribution is 5.92. The zero-order chi connectivity index (χ0) is 30.8. The molecule has 0 radical (unpaired) electrons. The highest BCUT2D eigenvalue weighted by atomic mass is 16.6. The van der Waals surface area contributed by atoms with Crippen molar-refractivity contribution in [2.24, 2.45) is 5.92 Å². The second-order valence-electron chi connectivity index (χ2n) is 12.3. The highest BCUT2D eigenvalue weighted by Gasteiger charge is 2.38. The van der Waals surface area contributed by atoms with Crippen LogP contribution in [0.4, 0.5) is 9.59 Å². The van der Waals surface area contributed by atoms with E-state index in [0.717, 1.165) is 24.0 Å². The third-order valence-corrected chi connectivity index (χ3v) is 7.76. The molecule has 2 N–H and O–H groups in total. The van der Waals surface area contributed by atoms with E-state index in [1.807, 2.05) is 81.4 Å². The molecule has 0 spiro atoms. The number of benzene rings is 2. The number of alkyl carbamates (subject to hydrolysis) is 1. The maximum Gasteiger partial charge on any atom is 0.410 e. The first-order valence-electron chi connectivity index (χ1n) is 15.2. The second-order valence-corrected chi connectivity index (χ2v) is 12.3. The Morgan fingerprint density at radius 1 is 0.884 bits per heavy atom. The average molecular weight is 593 g/mol. The second kappa shape index (κ2) is 14.9. The lowest BCUT2D eigenvalue weighted by atomic mass is 9.97. The Morgan fingerprint density at radius 3 is 2.14 bits per heavy atom. The summed E-state index contributed by atoms with van der Waals surface area (Å²) >= 11 is 0. The zero-order valence-electron chi connectivity index (χ0n) is 25.4. The summed E-state index contributed by atoms with van der Waals surface area (Å²) in [6.45, 7) is 7.72. The van der Waals surface area contributed by atoms with Gasteiger partial charge in [-0.25, -0.2) is 9.59 Å². The van der Waals surface area contributed by atoms with Gasteiger partial charge in [0.05, 0.1) is 0 Å². The monoisotopic (exact) mass is 592 g/mol. The predicted molar refractivity (Wildman–Crippen MR) is 162 cm³/mol. The summed E-state index contributed by atoms with van der Waals surface area (Å²) < 4.78 is 10.9. The zero-order valence-corrected chi connectivity index (χ0v) is 25.4. The van der Waals surface area contributed by atoms with Gasteiger partial charge in [-0.1, -0.05) is 60.7 Å². The van der Waals surface area contributed by atoms with Crippen LogP contribution in [-0.2, 0) is 32.1 Å². The lowest BCUT2D eigenvalue weighted by Crippen LogP contribution is -2.54. The van der Waals surface area contributed by atoms with Crippen LogP contribution in [0.3, 0.4) is 0 Å². The number of hydrogen-bond acceptors (Lipinski definition) is 6. The maximum atomic E-state index is 13.8. The molecular weight excluding hydrogens is 548 g/mol. The van der Waals surface area contributed by atoms with Crippen LogP contribution in [-0.4, -0.2) is 77.7 Å². The average Bonchev–Trinajstić information content (AvgIpc) is 3.49. The van der Waals surface area contributed by atoms with Gasteiger partial charge in [0.2, 0.25) is 11.8 Å². The molecule has 2 fully saturated rings. The summed E-state index contributed by atoms with van der Waals surface area (Å²) in [6, 6.07) is 17.3. The topological polar surface area (TPSA) is 117 Å². The molecule has 43 heavy (non-hydrogen) atoms. The van der Waals surface area contributed by atoms with Crippen molar-refractivity contribution in [1.29, 1.82) is 0 Å². The van der Waals surface area contributed by atoms with Crippen molar-refractivity contribution >= 4 is 24.0 Å². The minimum Gasteiger partial charge on any atom is -0.445 e. The van der Waals surface area contributed by atoms with E-state index in [-0.39, 0.29) is 36.9 Å². The molecule has 4 amide bonds. The summed E-state index contributed by atoms with van der Waals surface area (Å²) in [4.78, 5) is 55.5. The number of hydrogen-bond donors (Lipinski definition) is 2. The molecule has 0 unspecified atom stereocenters. The molecule has 0 aromatic heterocycles. The molecular formula is C33H44N4O6. The van der Waals surface area contributed by atoms with Crippen molar-refractivity contribution in [3.8, 4) is 0 Å². The summed E-state index contributed by atoms with van der Waals surface area (Å²) in [5.41, 5.74) is 1.20. The summed E-state index contributed by atoms with van der Waals surface area (Å²) in [5.74, 6) is -0.255. The van der Waals surface area contributed by atoms with Gasteiger partial charge in [0, 0.05) is 32.6 Å². The summed E-state index contributed by atoms with van der Waals surface area (Å²) in [7, 11) is 0. The first-order valence-corrected chi connectivity index (χ1v) is 15.2. The lowest BCUT2D eigenvalue weighted by Gasteiger charge is -2.34. The van der Waals surface area contributed by atoms with Crippen LogP contribution in [0.2, 0.25) is 0 Å². The van der Waals surface area contributed by atoms with E-state index in [4.69, 9.17) is 9.47 Å². The number of carbonyl (C=O) groups excluding carboxylic acids is 4. The molecule has 2 aliphatic rings. The van der Waals surface area contributed by atoms with Gasteiger partial charge in [0.15, 0.2) is 0 Å². The number of rotatable bonds is 9. The van der Waals surface area contributed by atoms with E-state index >= 15 is 0 Å². The number of likely N-dealkylation sites (tertiary alicyclic amines) is 2. The van der Waals surface area contributed by atoms with Crippen molar-refractivity contribution in [1.82, 2.24) is 20.4 Å². The Bertz CT molecular complexity index is 1220. The van der Waals surface area contributed by atoms with E-state index in [0.29, 0.717) is 39.0 Å². The highest BCUT2D eigenvalue weighted by Crippen LogP contribution is 2.22. The number of carbonyl (C=O) groups is 4. The van der Waals surface area contributed by atoms with Crippen LogP contribution < -0.4 is 10.6 Å². The third kappa shape index (κ3) is 9.73. The summed E-state index contributed by atoms with van der Waals surface area (Å²) in [6.07, 6.45) is 2.08.